The van der Waals surface area contributed by atoms with Crippen LogP contribution < -0.4 is 15.4 Å². The minimum absolute atomic E-state index is 0.288. The second kappa shape index (κ2) is 8.99. The van der Waals surface area contributed by atoms with E-state index in [1.54, 1.807) is 42.4 Å². The van der Waals surface area contributed by atoms with E-state index >= 15 is 0 Å². The van der Waals surface area contributed by atoms with Crippen LogP contribution >= 0.6 is 11.6 Å². The van der Waals surface area contributed by atoms with E-state index < -0.39 is 6.04 Å². The van der Waals surface area contributed by atoms with Crippen molar-refractivity contribution in [1.82, 2.24) is 19.7 Å². The summed E-state index contributed by atoms with van der Waals surface area (Å²) < 4.78 is 7.09. The van der Waals surface area contributed by atoms with Crippen molar-refractivity contribution < 1.29 is 9.53 Å². The molecule has 2 aromatic heterocycles. The number of anilines is 2. The predicted octanol–water partition coefficient (Wildman–Crippen LogP) is 4.93. The van der Waals surface area contributed by atoms with E-state index in [4.69, 9.17) is 21.4 Å². The highest BCUT2D eigenvalue weighted by atomic mass is 35.5. The molecule has 1 unspecified atom stereocenters. The van der Waals surface area contributed by atoms with Crippen LogP contribution in [0.4, 0.5) is 11.6 Å². The number of hydrogen-bond donors (Lipinski definition) is 2. The number of fused-ring (bicyclic) bond motifs is 1. The van der Waals surface area contributed by atoms with E-state index in [2.05, 4.69) is 20.6 Å². The fourth-order valence-electron chi connectivity index (χ4n) is 3.99. The van der Waals surface area contributed by atoms with Gasteiger partial charge in [0.25, 0.3) is 5.91 Å². The van der Waals surface area contributed by atoms with Gasteiger partial charge in [-0.3, -0.25) is 9.78 Å². The van der Waals surface area contributed by atoms with Crippen molar-refractivity contribution >= 4 is 29.1 Å². The van der Waals surface area contributed by atoms with Crippen LogP contribution in [0, 0.1) is 0 Å². The highest BCUT2D eigenvalue weighted by Crippen LogP contribution is 2.37. The number of halogens is 1. The van der Waals surface area contributed by atoms with E-state index in [0.717, 1.165) is 5.56 Å². The van der Waals surface area contributed by atoms with Gasteiger partial charge in [0.05, 0.1) is 23.4 Å². The Labute approximate surface area is 201 Å². The Morgan fingerprint density at radius 2 is 1.91 bits per heavy atom. The first-order valence-corrected chi connectivity index (χ1v) is 11.0. The maximum atomic E-state index is 13.6. The number of pyridine rings is 1. The van der Waals surface area contributed by atoms with Crippen LogP contribution in [0.3, 0.4) is 0 Å². The van der Waals surface area contributed by atoms with Crippen molar-refractivity contribution in [3.8, 4) is 17.1 Å². The number of allylic oxidation sites excluding steroid dienone is 1. The highest BCUT2D eigenvalue weighted by molar-refractivity contribution is 6.33. The number of rotatable bonds is 5. The van der Waals surface area contributed by atoms with Gasteiger partial charge < -0.3 is 15.4 Å². The number of carbonyl (C=O) groups is 1. The third kappa shape index (κ3) is 3.88. The Kier molecular flexibility index (Phi) is 5.73. The highest BCUT2D eigenvalue weighted by Gasteiger charge is 2.35. The molecule has 3 heterocycles. The van der Waals surface area contributed by atoms with Gasteiger partial charge in [-0.15, -0.1) is 5.10 Å². The van der Waals surface area contributed by atoms with E-state index in [1.165, 1.54) is 0 Å². The Morgan fingerprint density at radius 3 is 2.68 bits per heavy atom. The molecule has 34 heavy (non-hydrogen) atoms. The third-order valence-electron chi connectivity index (χ3n) is 5.57. The van der Waals surface area contributed by atoms with E-state index in [1.807, 2.05) is 49.4 Å². The van der Waals surface area contributed by atoms with Crippen LogP contribution in [0.5, 0.6) is 5.75 Å². The molecule has 2 aromatic carbocycles. The Morgan fingerprint density at radius 1 is 1.12 bits per heavy atom. The number of nitrogens with one attached hydrogen (secondary N) is 2. The van der Waals surface area contributed by atoms with Crippen molar-refractivity contribution in [1.29, 1.82) is 0 Å². The number of nitrogens with zero attached hydrogens (tertiary/aromatic N) is 4. The molecule has 1 amide bonds. The molecular formula is C25H21ClN6O2. The number of benzene rings is 2. The second-order valence-electron chi connectivity index (χ2n) is 7.69. The second-order valence-corrected chi connectivity index (χ2v) is 8.10. The molecule has 170 valence electrons. The van der Waals surface area contributed by atoms with Crippen LogP contribution in [0.15, 0.2) is 84.3 Å². The fourth-order valence-corrected chi connectivity index (χ4v) is 4.21. The summed E-state index contributed by atoms with van der Waals surface area (Å²) in [6, 6.07) is 17.8. The largest absolute Gasteiger partial charge is 0.495 e. The number of carbonyl (C=O) groups excluding carboxylic acids is 1. The molecule has 0 saturated carbocycles. The summed E-state index contributed by atoms with van der Waals surface area (Å²) in [5, 5.41) is 11.5. The van der Waals surface area contributed by atoms with Gasteiger partial charge in [0.15, 0.2) is 5.82 Å². The standard InChI is InChI=1S/C25H21ClN6O2/c1-15-21(24(33)29-19-11-5-6-12-20(19)34-2)22(16-8-7-13-27-14-16)32-25(28-15)30-23(31-32)17-9-3-4-10-18(17)26/h3-14,22H,1-2H3,(H,29,33)(H,28,30,31). The van der Waals surface area contributed by atoms with Crippen LogP contribution in [0.1, 0.15) is 18.5 Å². The monoisotopic (exact) mass is 472 g/mol. The topological polar surface area (TPSA) is 94.0 Å². The molecule has 8 nitrogen and oxygen atoms in total. The van der Waals surface area contributed by atoms with Gasteiger partial charge in [0.2, 0.25) is 5.95 Å². The van der Waals surface area contributed by atoms with Crippen molar-refractivity contribution in [2.45, 2.75) is 13.0 Å². The first-order valence-electron chi connectivity index (χ1n) is 10.6. The summed E-state index contributed by atoms with van der Waals surface area (Å²) in [5.41, 5.74) is 3.22. The molecule has 0 saturated heterocycles. The lowest BCUT2D eigenvalue weighted by atomic mass is 9.96. The maximum absolute atomic E-state index is 13.6. The van der Waals surface area contributed by atoms with Gasteiger partial charge in [0, 0.05) is 23.7 Å². The number of hydrogen-bond acceptors (Lipinski definition) is 6. The van der Waals surface area contributed by atoms with Crippen molar-refractivity contribution in [2.24, 2.45) is 0 Å². The third-order valence-corrected chi connectivity index (χ3v) is 5.90. The molecule has 1 atom stereocenters. The predicted molar refractivity (Wildman–Crippen MR) is 131 cm³/mol. The first kappa shape index (κ1) is 21.7. The molecule has 1 aliphatic rings. The fraction of sp³-hybridized carbons (Fsp3) is 0.120. The zero-order valence-electron chi connectivity index (χ0n) is 18.5. The van der Waals surface area contributed by atoms with E-state index in [9.17, 15) is 4.79 Å². The molecule has 0 radical (unpaired) electrons. The van der Waals surface area contributed by atoms with Gasteiger partial charge in [-0.1, -0.05) is 41.9 Å². The zero-order chi connectivity index (χ0) is 23.7. The molecule has 0 bridgehead atoms. The first-order chi connectivity index (χ1) is 16.6. The lowest BCUT2D eigenvalue weighted by Crippen LogP contribution is -2.31. The molecule has 1 aliphatic heterocycles. The Bertz CT molecular complexity index is 1400. The summed E-state index contributed by atoms with van der Waals surface area (Å²) in [4.78, 5) is 22.5. The molecule has 0 aliphatic carbocycles. The van der Waals surface area contributed by atoms with Crippen molar-refractivity contribution in [3.05, 3.63) is 94.9 Å². The lowest BCUT2D eigenvalue weighted by Gasteiger charge is -2.28. The summed E-state index contributed by atoms with van der Waals surface area (Å²) in [5.74, 6) is 1.25. The average molecular weight is 473 g/mol. The number of ether oxygens (including phenoxy) is 1. The van der Waals surface area contributed by atoms with Gasteiger partial charge >= 0.3 is 0 Å². The van der Waals surface area contributed by atoms with Crippen LogP contribution in [-0.2, 0) is 4.79 Å². The lowest BCUT2D eigenvalue weighted by molar-refractivity contribution is -0.113. The molecule has 0 fully saturated rings. The molecule has 2 N–H and O–H groups in total. The molecular weight excluding hydrogens is 452 g/mol. The van der Waals surface area contributed by atoms with Gasteiger partial charge in [-0.2, -0.15) is 4.98 Å². The smallest absolute Gasteiger partial charge is 0.255 e. The van der Waals surface area contributed by atoms with E-state index in [0.29, 0.717) is 45.1 Å². The van der Waals surface area contributed by atoms with E-state index in [-0.39, 0.29) is 5.91 Å². The van der Waals surface area contributed by atoms with Gasteiger partial charge in [0.1, 0.15) is 11.8 Å². The molecule has 5 rings (SSSR count). The van der Waals surface area contributed by atoms with Crippen LogP contribution in [0.25, 0.3) is 11.4 Å². The molecule has 4 aromatic rings. The minimum Gasteiger partial charge on any atom is -0.495 e. The zero-order valence-corrected chi connectivity index (χ0v) is 19.2. The maximum Gasteiger partial charge on any atom is 0.255 e. The van der Waals surface area contributed by atoms with Crippen molar-refractivity contribution in [2.75, 3.05) is 17.7 Å². The average Bonchev–Trinajstić information content (AvgIpc) is 3.27. The summed E-state index contributed by atoms with van der Waals surface area (Å²) in [6.45, 7) is 1.84. The van der Waals surface area contributed by atoms with Crippen molar-refractivity contribution in [3.63, 3.8) is 0 Å². The summed E-state index contributed by atoms with van der Waals surface area (Å²) in [6.07, 6.45) is 3.41. The summed E-state index contributed by atoms with van der Waals surface area (Å²) in [7, 11) is 1.56. The van der Waals surface area contributed by atoms with Crippen LogP contribution in [0.2, 0.25) is 5.02 Å². The molecule has 9 heteroatoms. The summed E-state index contributed by atoms with van der Waals surface area (Å²) >= 11 is 6.40. The number of amides is 1. The van der Waals surface area contributed by atoms with Gasteiger partial charge in [-0.25, -0.2) is 4.68 Å². The number of aromatic nitrogens is 4. The molecule has 0 spiro atoms. The normalized spacial score (nSPS) is 14.9. The SMILES string of the molecule is COc1ccccc1NC(=O)C1=C(C)Nc2nc(-c3ccccc3Cl)nn2C1c1cccnc1. The van der Waals surface area contributed by atoms with Crippen LogP contribution in [-0.4, -0.2) is 32.8 Å². The minimum atomic E-state index is -0.552. The Hall–Kier alpha value is -4.17. The Balaban J connectivity index is 1.60. The van der Waals surface area contributed by atoms with Gasteiger partial charge in [-0.05, 0) is 42.8 Å². The number of methoxy groups -OCH3 is 1. The quantitative estimate of drug-likeness (QED) is 0.427. The number of para-hydroxylation sites is 2.